The summed E-state index contributed by atoms with van der Waals surface area (Å²) in [4.78, 5) is 0. The highest BCUT2D eigenvalue weighted by atomic mass is 35.5. The van der Waals surface area contributed by atoms with Crippen molar-refractivity contribution >= 4 is 11.6 Å². The lowest BCUT2D eigenvalue weighted by atomic mass is 10.1. The summed E-state index contributed by atoms with van der Waals surface area (Å²) in [6, 6.07) is 3.47. The van der Waals surface area contributed by atoms with Gasteiger partial charge in [0.05, 0.1) is 23.8 Å². The minimum Gasteiger partial charge on any atom is -0.454 e. The van der Waals surface area contributed by atoms with E-state index in [0.29, 0.717) is 16.5 Å². The molecule has 1 aromatic carbocycles. The Kier molecular flexibility index (Phi) is 4.31. The Morgan fingerprint density at radius 1 is 1.40 bits per heavy atom. The van der Waals surface area contributed by atoms with Crippen LogP contribution in [0.5, 0.6) is 11.5 Å². The quantitative estimate of drug-likeness (QED) is 0.869. The van der Waals surface area contributed by atoms with Crippen LogP contribution in [0.4, 0.5) is 0 Å². The normalized spacial score (nSPS) is 22.2. The molecule has 5 nitrogen and oxygen atoms in total. The van der Waals surface area contributed by atoms with Crippen molar-refractivity contribution in [3.05, 3.63) is 22.7 Å². The predicted molar refractivity (Wildman–Crippen MR) is 74.4 cm³/mol. The molecule has 1 aromatic rings. The van der Waals surface area contributed by atoms with E-state index in [2.05, 4.69) is 5.32 Å². The molecule has 20 heavy (non-hydrogen) atoms. The van der Waals surface area contributed by atoms with Crippen LogP contribution >= 0.6 is 11.6 Å². The minimum atomic E-state index is -0.189. The molecule has 0 aromatic heterocycles. The molecule has 2 heterocycles. The van der Waals surface area contributed by atoms with E-state index >= 15 is 0 Å². The highest BCUT2D eigenvalue weighted by molar-refractivity contribution is 6.32. The number of aliphatic hydroxyl groups excluding tert-OH is 1. The van der Waals surface area contributed by atoms with Crippen molar-refractivity contribution < 1.29 is 19.3 Å². The summed E-state index contributed by atoms with van der Waals surface area (Å²) in [5.41, 5.74) is 0.889. The van der Waals surface area contributed by atoms with Gasteiger partial charge in [0.1, 0.15) is 0 Å². The van der Waals surface area contributed by atoms with E-state index in [0.717, 1.165) is 31.6 Å². The van der Waals surface area contributed by atoms with Gasteiger partial charge in [-0.15, -0.1) is 0 Å². The van der Waals surface area contributed by atoms with Crippen molar-refractivity contribution in [3.63, 3.8) is 0 Å². The molecule has 0 radical (unpaired) electrons. The predicted octanol–water partition coefficient (Wildman–Crippen LogP) is 1.87. The molecular formula is C14H18ClNO4. The monoisotopic (exact) mass is 299 g/mol. The lowest BCUT2D eigenvalue weighted by Gasteiger charge is -2.20. The van der Waals surface area contributed by atoms with Crippen LogP contribution in [0.2, 0.25) is 5.02 Å². The van der Waals surface area contributed by atoms with E-state index in [1.165, 1.54) is 0 Å². The molecule has 0 saturated carbocycles. The van der Waals surface area contributed by atoms with Crippen molar-refractivity contribution in [2.75, 3.05) is 26.6 Å². The van der Waals surface area contributed by atoms with Crippen LogP contribution in [0.1, 0.15) is 24.4 Å². The summed E-state index contributed by atoms with van der Waals surface area (Å²) in [5.74, 6) is 1.20. The molecule has 0 spiro atoms. The maximum atomic E-state index is 9.57. The number of ether oxygens (including phenoxy) is 3. The fraction of sp³-hybridized carbons (Fsp3) is 0.571. The van der Waals surface area contributed by atoms with Crippen molar-refractivity contribution in [1.82, 2.24) is 5.32 Å². The molecule has 1 saturated heterocycles. The zero-order valence-corrected chi connectivity index (χ0v) is 11.9. The second-order valence-corrected chi connectivity index (χ2v) is 5.42. The summed E-state index contributed by atoms with van der Waals surface area (Å²) in [6.45, 7) is 1.72. The Morgan fingerprint density at radius 2 is 2.30 bits per heavy atom. The molecule has 2 atom stereocenters. The number of benzene rings is 1. The first kappa shape index (κ1) is 13.9. The zero-order chi connectivity index (χ0) is 13.9. The number of hydrogen-bond acceptors (Lipinski definition) is 5. The minimum absolute atomic E-state index is 0.0112. The maximum absolute atomic E-state index is 9.57. The summed E-state index contributed by atoms with van der Waals surface area (Å²) < 4.78 is 16.2. The van der Waals surface area contributed by atoms with Crippen molar-refractivity contribution in [1.29, 1.82) is 0 Å². The Balaban J connectivity index is 1.70. The SMILES string of the molecule is OCC(NCC1CCCO1)c1cc(Cl)c2c(c1)OCO2. The van der Waals surface area contributed by atoms with E-state index in [-0.39, 0.29) is 25.5 Å². The molecule has 0 amide bonds. The summed E-state index contributed by atoms with van der Waals surface area (Å²) >= 11 is 6.16. The first-order valence-corrected chi connectivity index (χ1v) is 7.20. The lowest BCUT2D eigenvalue weighted by Crippen LogP contribution is -2.31. The van der Waals surface area contributed by atoms with Crippen molar-refractivity contribution in [3.8, 4) is 11.5 Å². The van der Waals surface area contributed by atoms with Gasteiger partial charge in [0.25, 0.3) is 0 Å². The van der Waals surface area contributed by atoms with E-state index < -0.39 is 0 Å². The number of fused-ring (bicyclic) bond motifs is 1. The topological polar surface area (TPSA) is 60.0 Å². The smallest absolute Gasteiger partial charge is 0.231 e. The molecule has 110 valence electrons. The molecule has 0 aliphatic carbocycles. The van der Waals surface area contributed by atoms with Crippen LogP contribution in [0, 0.1) is 0 Å². The van der Waals surface area contributed by atoms with E-state index in [9.17, 15) is 5.11 Å². The maximum Gasteiger partial charge on any atom is 0.231 e. The second-order valence-electron chi connectivity index (χ2n) is 5.01. The van der Waals surface area contributed by atoms with Gasteiger partial charge in [-0.05, 0) is 30.5 Å². The summed E-state index contributed by atoms with van der Waals surface area (Å²) in [5, 5.41) is 13.4. The highest BCUT2D eigenvalue weighted by Gasteiger charge is 2.22. The van der Waals surface area contributed by atoms with Gasteiger partial charge in [-0.1, -0.05) is 11.6 Å². The van der Waals surface area contributed by atoms with E-state index in [4.69, 9.17) is 25.8 Å². The number of hydrogen-bond donors (Lipinski definition) is 2. The Bertz CT molecular complexity index is 476. The number of halogens is 1. The molecule has 1 fully saturated rings. The van der Waals surface area contributed by atoms with E-state index in [1.54, 1.807) is 6.07 Å². The van der Waals surface area contributed by atoms with Gasteiger partial charge in [-0.3, -0.25) is 0 Å². The number of rotatable bonds is 5. The van der Waals surface area contributed by atoms with Crippen LogP contribution in [0.25, 0.3) is 0 Å². The van der Waals surface area contributed by atoms with Gasteiger partial charge in [0.15, 0.2) is 11.5 Å². The van der Waals surface area contributed by atoms with Crippen LogP contribution in [-0.4, -0.2) is 37.8 Å². The van der Waals surface area contributed by atoms with Gasteiger partial charge >= 0.3 is 0 Å². The fourth-order valence-electron chi connectivity index (χ4n) is 2.56. The first-order chi connectivity index (χ1) is 9.78. The molecule has 2 unspecified atom stereocenters. The average Bonchev–Trinajstić information content (AvgIpc) is 3.10. The van der Waals surface area contributed by atoms with Gasteiger partial charge < -0.3 is 24.6 Å². The summed E-state index contributed by atoms with van der Waals surface area (Å²) in [7, 11) is 0. The molecule has 2 aliphatic heterocycles. The van der Waals surface area contributed by atoms with Crippen LogP contribution in [0.3, 0.4) is 0 Å². The molecular weight excluding hydrogens is 282 g/mol. The van der Waals surface area contributed by atoms with Gasteiger partial charge in [0, 0.05) is 13.2 Å². The molecule has 6 heteroatoms. The highest BCUT2D eigenvalue weighted by Crippen LogP contribution is 2.41. The van der Waals surface area contributed by atoms with Gasteiger partial charge in [-0.25, -0.2) is 0 Å². The standard InChI is InChI=1S/C14H18ClNO4/c15-11-4-9(5-13-14(11)20-8-19-13)12(7-17)16-6-10-2-1-3-18-10/h4-5,10,12,16-17H,1-3,6-8H2. The first-order valence-electron chi connectivity index (χ1n) is 6.83. The molecule has 2 aliphatic rings. The third kappa shape index (κ3) is 2.86. The zero-order valence-electron chi connectivity index (χ0n) is 11.1. The third-order valence-corrected chi connectivity index (χ3v) is 3.93. The van der Waals surface area contributed by atoms with Gasteiger partial charge in [-0.2, -0.15) is 0 Å². The lowest BCUT2D eigenvalue weighted by molar-refractivity contribution is 0.104. The average molecular weight is 300 g/mol. The molecule has 0 bridgehead atoms. The molecule has 3 rings (SSSR count). The largest absolute Gasteiger partial charge is 0.454 e. The van der Waals surface area contributed by atoms with Crippen molar-refractivity contribution in [2.45, 2.75) is 25.0 Å². The second kappa shape index (κ2) is 6.18. The third-order valence-electron chi connectivity index (χ3n) is 3.65. The Labute approximate surface area is 122 Å². The van der Waals surface area contributed by atoms with Gasteiger partial charge in [0.2, 0.25) is 6.79 Å². The van der Waals surface area contributed by atoms with Crippen LogP contribution in [0.15, 0.2) is 12.1 Å². The Morgan fingerprint density at radius 3 is 3.05 bits per heavy atom. The number of nitrogens with one attached hydrogen (secondary N) is 1. The summed E-state index contributed by atoms with van der Waals surface area (Å²) in [6.07, 6.45) is 2.40. The van der Waals surface area contributed by atoms with Crippen molar-refractivity contribution in [2.24, 2.45) is 0 Å². The van der Waals surface area contributed by atoms with Crippen LogP contribution in [-0.2, 0) is 4.74 Å². The van der Waals surface area contributed by atoms with E-state index in [1.807, 2.05) is 6.07 Å². The van der Waals surface area contributed by atoms with Crippen LogP contribution < -0.4 is 14.8 Å². The Hall–Kier alpha value is -1.01. The number of aliphatic hydroxyl groups is 1. The molecule has 2 N–H and O–H groups in total. The fourth-order valence-corrected chi connectivity index (χ4v) is 2.83.